The quantitative estimate of drug-likeness (QED) is 0.619. The first kappa shape index (κ1) is 21.6. The second kappa shape index (κ2) is 8.36. The van der Waals surface area contributed by atoms with Crippen LogP contribution < -0.4 is 0 Å². The molecule has 3 rings (SSSR count). The molecule has 0 unspecified atom stereocenters. The van der Waals surface area contributed by atoms with E-state index in [0.29, 0.717) is 23.6 Å². The molecule has 1 saturated heterocycles. The maximum absolute atomic E-state index is 13.4. The minimum absolute atomic E-state index is 0.260. The van der Waals surface area contributed by atoms with Gasteiger partial charge in [0.1, 0.15) is 0 Å². The second-order valence-electron chi connectivity index (χ2n) is 7.41. The van der Waals surface area contributed by atoms with Crippen LogP contribution in [0.25, 0.3) is 5.70 Å². The van der Waals surface area contributed by atoms with Crippen LogP contribution in [-0.4, -0.2) is 59.7 Å². The van der Waals surface area contributed by atoms with Crippen molar-refractivity contribution < 1.29 is 13.2 Å². The Kier molecular flexibility index (Phi) is 6.24. The molecule has 2 aliphatic heterocycles. The Labute approximate surface area is 174 Å². The minimum atomic E-state index is -4.54. The molecule has 9 heteroatoms. The number of hydrogen-bond donors (Lipinski definition) is 0. The Hall–Kier alpha value is -2.06. The van der Waals surface area contributed by atoms with Gasteiger partial charge in [-0.25, -0.2) is 10.0 Å². The molecule has 0 saturated carbocycles. The van der Waals surface area contributed by atoms with Gasteiger partial charge in [0.25, 0.3) is 0 Å². The number of likely N-dealkylation sites (N-methyl/N-ethyl adjacent to an activating group) is 1. The zero-order valence-electron chi connectivity index (χ0n) is 17.0. The molecule has 2 heterocycles. The summed E-state index contributed by atoms with van der Waals surface area (Å²) in [5.41, 5.74) is 1.45. The highest BCUT2D eigenvalue weighted by atomic mass is 35.5. The Morgan fingerprint density at radius 3 is 2.41 bits per heavy atom. The van der Waals surface area contributed by atoms with Gasteiger partial charge in [-0.15, -0.1) is 0 Å². The van der Waals surface area contributed by atoms with Crippen molar-refractivity contribution in [3.05, 3.63) is 34.4 Å². The van der Waals surface area contributed by atoms with Crippen LogP contribution in [0.15, 0.2) is 28.3 Å². The largest absolute Gasteiger partial charge is 0.417 e. The molecule has 0 spiro atoms. The molecule has 0 atom stereocenters. The van der Waals surface area contributed by atoms with Crippen molar-refractivity contribution in [2.75, 3.05) is 33.2 Å². The van der Waals surface area contributed by atoms with Crippen molar-refractivity contribution in [2.45, 2.75) is 33.4 Å². The lowest BCUT2D eigenvalue weighted by Crippen LogP contribution is -2.51. The van der Waals surface area contributed by atoms with E-state index < -0.39 is 11.7 Å². The van der Waals surface area contributed by atoms with Gasteiger partial charge in [-0.3, -0.25) is 0 Å². The third-order valence-electron chi connectivity index (χ3n) is 4.79. The summed E-state index contributed by atoms with van der Waals surface area (Å²) in [5, 5.41) is 6.04. The lowest BCUT2D eigenvalue weighted by atomic mass is 10.0. The molecule has 0 aliphatic carbocycles. The fraction of sp³-hybridized carbons (Fsp3) is 0.500. The van der Waals surface area contributed by atoms with Crippen LogP contribution in [0.1, 0.15) is 38.3 Å². The molecular weight excluding hydrogens is 403 g/mol. The average molecular weight is 428 g/mol. The number of nitrogens with zero attached hydrogens (tertiary/aromatic N) is 5. The summed E-state index contributed by atoms with van der Waals surface area (Å²) in [6.45, 7) is 8.85. The van der Waals surface area contributed by atoms with Crippen LogP contribution in [0.3, 0.4) is 0 Å². The monoisotopic (exact) mass is 427 g/mol. The van der Waals surface area contributed by atoms with E-state index in [0.717, 1.165) is 38.0 Å². The van der Waals surface area contributed by atoms with E-state index in [1.54, 1.807) is 5.01 Å². The zero-order chi connectivity index (χ0) is 21.3. The molecule has 5 nitrogen and oxygen atoms in total. The summed E-state index contributed by atoms with van der Waals surface area (Å²) in [6.07, 6.45) is -1.91. The van der Waals surface area contributed by atoms with Gasteiger partial charge in [0.2, 0.25) is 5.96 Å². The van der Waals surface area contributed by atoms with E-state index >= 15 is 0 Å². The van der Waals surface area contributed by atoms with Crippen LogP contribution in [0.2, 0.25) is 5.02 Å². The highest BCUT2D eigenvalue weighted by Gasteiger charge is 2.37. The third-order valence-corrected chi connectivity index (χ3v) is 5.10. The van der Waals surface area contributed by atoms with Crippen LogP contribution in [0, 0.1) is 0 Å². The van der Waals surface area contributed by atoms with Crippen molar-refractivity contribution in [2.24, 2.45) is 10.1 Å². The maximum Gasteiger partial charge on any atom is 0.417 e. The summed E-state index contributed by atoms with van der Waals surface area (Å²) < 4.78 is 40.2. The fourth-order valence-corrected chi connectivity index (χ4v) is 3.62. The number of piperazine rings is 1. The third kappa shape index (κ3) is 4.59. The van der Waals surface area contributed by atoms with Crippen molar-refractivity contribution in [3.63, 3.8) is 0 Å². The smallest absolute Gasteiger partial charge is 0.338 e. The first-order chi connectivity index (χ1) is 13.6. The summed E-state index contributed by atoms with van der Waals surface area (Å²) >= 11 is 6.00. The Balaban J connectivity index is 2.20. The van der Waals surface area contributed by atoms with E-state index in [9.17, 15) is 13.2 Å². The van der Waals surface area contributed by atoms with E-state index in [1.807, 2.05) is 33.9 Å². The topological polar surface area (TPSA) is 34.4 Å². The van der Waals surface area contributed by atoms with Crippen LogP contribution in [0.4, 0.5) is 18.9 Å². The number of rotatable bonds is 2. The van der Waals surface area contributed by atoms with E-state index in [1.165, 1.54) is 6.07 Å². The summed E-state index contributed by atoms with van der Waals surface area (Å²) in [4.78, 5) is 8.90. The standard InChI is InChI=1S/C20H25ClF3N5/c1-5-6-18-14-11-16(21)15(20(22,23)24)12-17(14)25-19(29(18)26-13(2)3)28-9-7-27(4)8-10-28/h6,11-12H,5,7-10H2,1-4H3/b18-6+. The minimum Gasteiger partial charge on any atom is -0.338 e. The molecule has 1 aromatic carbocycles. The summed E-state index contributed by atoms with van der Waals surface area (Å²) in [6, 6.07) is 2.38. The SMILES string of the molecule is CC/C=C1\c2cc(Cl)c(C(F)(F)F)cc2N=C(N2CCN(C)CC2)N1N=C(C)C. The van der Waals surface area contributed by atoms with Crippen LogP contribution in [-0.2, 0) is 6.18 Å². The number of alkyl halides is 3. The van der Waals surface area contributed by atoms with Gasteiger partial charge < -0.3 is 9.80 Å². The lowest BCUT2D eigenvalue weighted by Gasteiger charge is -2.40. The molecule has 0 N–H and O–H groups in total. The Morgan fingerprint density at radius 1 is 1.21 bits per heavy atom. The molecule has 158 valence electrons. The van der Waals surface area contributed by atoms with Gasteiger partial charge in [-0.2, -0.15) is 18.3 Å². The molecule has 1 fully saturated rings. The molecule has 0 aromatic heterocycles. The number of halogens is 4. The van der Waals surface area contributed by atoms with Crippen molar-refractivity contribution in [1.29, 1.82) is 0 Å². The molecular formula is C20H25ClF3N5. The normalized spacial score (nSPS) is 19.3. The van der Waals surface area contributed by atoms with E-state index in [4.69, 9.17) is 11.6 Å². The van der Waals surface area contributed by atoms with Gasteiger partial charge >= 0.3 is 6.18 Å². The highest BCUT2D eigenvalue weighted by molar-refractivity contribution is 6.31. The molecule has 0 amide bonds. The second-order valence-corrected chi connectivity index (χ2v) is 7.81. The Bertz CT molecular complexity index is 864. The number of benzene rings is 1. The van der Waals surface area contributed by atoms with Gasteiger partial charge in [0.05, 0.1) is 22.0 Å². The number of guanidine groups is 1. The number of allylic oxidation sites excluding steroid dienone is 1. The van der Waals surface area contributed by atoms with Crippen LogP contribution in [0.5, 0.6) is 0 Å². The summed E-state index contributed by atoms with van der Waals surface area (Å²) in [5.74, 6) is 0.543. The number of hydrogen-bond acceptors (Lipinski definition) is 5. The Morgan fingerprint density at radius 2 is 1.86 bits per heavy atom. The van der Waals surface area contributed by atoms with Gasteiger partial charge in [0, 0.05) is 37.5 Å². The number of fused-ring (bicyclic) bond motifs is 1. The number of aliphatic imine (C=N–C) groups is 1. The molecule has 1 aromatic rings. The van der Waals surface area contributed by atoms with Crippen molar-refractivity contribution >= 4 is 34.7 Å². The van der Waals surface area contributed by atoms with E-state index in [2.05, 4.69) is 19.9 Å². The molecule has 2 aliphatic rings. The summed E-state index contributed by atoms with van der Waals surface area (Å²) in [7, 11) is 2.04. The average Bonchev–Trinajstić information content (AvgIpc) is 2.63. The molecule has 0 radical (unpaired) electrons. The van der Waals surface area contributed by atoms with Gasteiger partial charge in [-0.1, -0.05) is 24.6 Å². The van der Waals surface area contributed by atoms with Crippen molar-refractivity contribution in [1.82, 2.24) is 14.8 Å². The predicted octanol–water partition coefficient (Wildman–Crippen LogP) is 5.06. The van der Waals surface area contributed by atoms with Gasteiger partial charge in [0.15, 0.2) is 0 Å². The van der Waals surface area contributed by atoms with Crippen LogP contribution >= 0.6 is 11.6 Å². The molecule has 29 heavy (non-hydrogen) atoms. The van der Waals surface area contributed by atoms with E-state index in [-0.39, 0.29) is 10.7 Å². The number of hydrazone groups is 1. The maximum atomic E-state index is 13.4. The zero-order valence-corrected chi connectivity index (χ0v) is 17.8. The first-order valence-electron chi connectivity index (χ1n) is 9.57. The first-order valence-corrected chi connectivity index (χ1v) is 9.95. The fourth-order valence-electron chi connectivity index (χ4n) is 3.35. The highest BCUT2D eigenvalue weighted by Crippen LogP contribution is 2.43. The van der Waals surface area contributed by atoms with Crippen molar-refractivity contribution in [3.8, 4) is 0 Å². The van der Waals surface area contributed by atoms with Gasteiger partial charge in [-0.05, 0) is 39.4 Å². The predicted molar refractivity (Wildman–Crippen MR) is 112 cm³/mol. The molecule has 0 bridgehead atoms. The lowest BCUT2D eigenvalue weighted by molar-refractivity contribution is -0.137.